The molecule has 6 heteroatoms. The minimum atomic E-state index is 0.541. The van der Waals surface area contributed by atoms with Gasteiger partial charge in [-0.2, -0.15) is 0 Å². The van der Waals surface area contributed by atoms with Gasteiger partial charge in [-0.1, -0.05) is 65.9 Å². The third-order valence-electron chi connectivity index (χ3n) is 4.43. The number of nitrogens with zero attached hydrogens (tertiary/aromatic N) is 4. The Morgan fingerprint density at radius 3 is 2.34 bits per heavy atom. The van der Waals surface area contributed by atoms with Crippen LogP contribution in [0, 0.1) is 6.92 Å². The number of benzene rings is 2. The third-order valence-corrected chi connectivity index (χ3v) is 5.45. The Kier molecular flexibility index (Phi) is 5.72. The van der Waals surface area contributed by atoms with Gasteiger partial charge in [0.1, 0.15) is 22.9 Å². The standard InChI is InChI=1S/C23H21N5S/c1-17-10-12-19(13-11-17)29-23-21(24)22(26-16-27-23)28(20-9-5-6-14-25-20)15-18-7-3-2-4-8-18/h2-14,16H,15,24H2,1H3. The summed E-state index contributed by atoms with van der Waals surface area (Å²) in [6.45, 7) is 2.67. The van der Waals surface area contributed by atoms with Gasteiger partial charge in [0.05, 0.1) is 6.54 Å². The molecule has 2 N–H and O–H groups in total. The number of aromatic nitrogens is 3. The van der Waals surface area contributed by atoms with Crippen LogP contribution >= 0.6 is 11.8 Å². The van der Waals surface area contributed by atoms with E-state index in [1.54, 1.807) is 12.5 Å². The summed E-state index contributed by atoms with van der Waals surface area (Å²) in [7, 11) is 0. The second-order valence-electron chi connectivity index (χ2n) is 6.59. The van der Waals surface area contributed by atoms with Gasteiger partial charge >= 0.3 is 0 Å². The average Bonchev–Trinajstić information content (AvgIpc) is 2.77. The first-order chi connectivity index (χ1) is 14.2. The SMILES string of the molecule is Cc1ccc(Sc2ncnc(N(Cc3ccccc3)c3ccccn3)c2N)cc1. The topological polar surface area (TPSA) is 67.9 Å². The molecule has 0 aliphatic carbocycles. The van der Waals surface area contributed by atoms with Crippen molar-refractivity contribution in [3.63, 3.8) is 0 Å². The normalized spacial score (nSPS) is 10.7. The van der Waals surface area contributed by atoms with Crippen LogP contribution in [0.1, 0.15) is 11.1 Å². The van der Waals surface area contributed by atoms with E-state index >= 15 is 0 Å². The predicted octanol–water partition coefficient (Wildman–Crippen LogP) is 5.25. The monoisotopic (exact) mass is 399 g/mol. The van der Waals surface area contributed by atoms with Crippen molar-refractivity contribution < 1.29 is 0 Å². The summed E-state index contributed by atoms with van der Waals surface area (Å²) in [6.07, 6.45) is 3.33. The first-order valence-electron chi connectivity index (χ1n) is 9.28. The van der Waals surface area contributed by atoms with Gasteiger partial charge in [0.15, 0.2) is 5.82 Å². The van der Waals surface area contributed by atoms with E-state index < -0.39 is 0 Å². The fourth-order valence-electron chi connectivity index (χ4n) is 2.93. The fraction of sp³-hybridized carbons (Fsp3) is 0.0870. The van der Waals surface area contributed by atoms with Crippen molar-refractivity contribution in [1.82, 2.24) is 15.0 Å². The molecule has 0 saturated heterocycles. The Bertz CT molecular complexity index is 1070. The molecule has 144 valence electrons. The van der Waals surface area contributed by atoms with Crippen LogP contribution in [-0.2, 0) is 6.54 Å². The summed E-state index contributed by atoms with van der Waals surface area (Å²) in [4.78, 5) is 16.5. The second-order valence-corrected chi connectivity index (χ2v) is 7.65. The minimum absolute atomic E-state index is 0.541. The number of nitrogen functional groups attached to an aromatic ring is 1. The maximum absolute atomic E-state index is 6.54. The summed E-state index contributed by atoms with van der Waals surface area (Å²) >= 11 is 1.53. The van der Waals surface area contributed by atoms with Gasteiger partial charge in [0, 0.05) is 11.1 Å². The Labute approximate surface area is 174 Å². The molecular weight excluding hydrogens is 378 g/mol. The molecule has 2 heterocycles. The Morgan fingerprint density at radius 1 is 0.862 bits per heavy atom. The maximum Gasteiger partial charge on any atom is 0.162 e. The van der Waals surface area contributed by atoms with E-state index in [0.29, 0.717) is 18.1 Å². The molecular formula is C23H21N5S. The lowest BCUT2D eigenvalue weighted by Crippen LogP contribution is -2.20. The summed E-state index contributed by atoms with van der Waals surface area (Å²) in [5.41, 5.74) is 9.44. The molecule has 0 fully saturated rings. The van der Waals surface area contributed by atoms with Gasteiger partial charge < -0.3 is 10.6 Å². The van der Waals surface area contributed by atoms with Crippen molar-refractivity contribution in [3.8, 4) is 0 Å². The molecule has 29 heavy (non-hydrogen) atoms. The zero-order chi connectivity index (χ0) is 20.1. The highest BCUT2D eigenvalue weighted by molar-refractivity contribution is 7.99. The van der Waals surface area contributed by atoms with Crippen molar-refractivity contribution in [3.05, 3.63) is 96.4 Å². The fourth-order valence-corrected chi connectivity index (χ4v) is 3.73. The largest absolute Gasteiger partial charge is 0.394 e. The van der Waals surface area contributed by atoms with E-state index in [1.807, 2.05) is 41.3 Å². The van der Waals surface area contributed by atoms with Crippen molar-refractivity contribution in [2.75, 3.05) is 10.6 Å². The van der Waals surface area contributed by atoms with E-state index in [9.17, 15) is 0 Å². The van der Waals surface area contributed by atoms with Crippen molar-refractivity contribution in [2.45, 2.75) is 23.4 Å². The molecule has 0 spiro atoms. The van der Waals surface area contributed by atoms with E-state index in [4.69, 9.17) is 5.73 Å². The lowest BCUT2D eigenvalue weighted by Gasteiger charge is -2.24. The molecule has 4 rings (SSSR count). The van der Waals surface area contributed by atoms with Gasteiger partial charge in [-0.05, 0) is 36.8 Å². The summed E-state index contributed by atoms with van der Waals surface area (Å²) in [5.74, 6) is 1.44. The molecule has 0 bridgehead atoms. The van der Waals surface area contributed by atoms with Crippen molar-refractivity contribution >= 4 is 29.1 Å². The van der Waals surface area contributed by atoms with Gasteiger partial charge in [0.2, 0.25) is 0 Å². The number of hydrogen-bond acceptors (Lipinski definition) is 6. The van der Waals surface area contributed by atoms with Crippen LogP contribution in [-0.4, -0.2) is 15.0 Å². The van der Waals surface area contributed by atoms with Gasteiger partial charge in [-0.3, -0.25) is 0 Å². The molecule has 5 nitrogen and oxygen atoms in total. The molecule has 0 atom stereocenters. The summed E-state index contributed by atoms with van der Waals surface area (Å²) in [6, 6.07) is 24.3. The summed E-state index contributed by atoms with van der Waals surface area (Å²) in [5, 5.41) is 0.729. The van der Waals surface area contributed by atoms with Crippen LogP contribution < -0.4 is 10.6 Å². The van der Waals surface area contributed by atoms with E-state index in [-0.39, 0.29) is 0 Å². The van der Waals surface area contributed by atoms with Crippen LogP contribution in [0.15, 0.2) is 95.2 Å². The van der Waals surface area contributed by atoms with Crippen molar-refractivity contribution in [1.29, 1.82) is 0 Å². The van der Waals surface area contributed by atoms with Crippen LogP contribution in [0.4, 0.5) is 17.3 Å². The number of rotatable bonds is 6. The molecule has 0 aliphatic heterocycles. The highest BCUT2D eigenvalue weighted by Gasteiger charge is 2.19. The summed E-state index contributed by atoms with van der Waals surface area (Å²) < 4.78 is 0. The first kappa shape index (κ1) is 19.0. The number of nitrogens with two attached hydrogens (primary N) is 1. The first-order valence-corrected chi connectivity index (χ1v) is 10.1. The van der Waals surface area contributed by atoms with E-state index in [2.05, 4.69) is 58.3 Å². The highest BCUT2D eigenvalue weighted by atomic mass is 32.2. The number of hydrogen-bond donors (Lipinski definition) is 1. The average molecular weight is 400 g/mol. The number of anilines is 3. The number of pyridine rings is 1. The third kappa shape index (κ3) is 4.55. The van der Waals surface area contributed by atoms with Crippen LogP contribution in [0.5, 0.6) is 0 Å². The minimum Gasteiger partial charge on any atom is -0.394 e. The lowest BCUT2D eigenvalue weighted by atomic mass is 10.2. The van der Waals surface area contributed by atoms with E-state index in [0.717, 1.165) is 21.3 Å². The molecule has 4 aromatic rings. The molecule has 0 amide bonds. The molecule has 0 saturated carbocycles. The molecule has 2 aromatic heterocycles. The second kappa shape index (κ2) is 8.75. The van der Waals surface area contributed by atoms with Crippen LogP contribution in [0.25, 0.3) is 0 Å². The molecule has 0 unspecified atom stereocenters. The zero-order valence-electron chi connectivity index (χ0n) is 16.1. The lowest BCUT2D eigenvalue weighted by molar-refractivity contribution is 0.905. The number of aryl methyl sites for hydroxylation is 1. The van der Waals surface area contributed by atoms with Crippen molar-refractivity contribution in [2.24, 2.45) is 0 Å². The van der Waals surface area contributed by atoms with Gasteiger partial charge in [0.25, 0.3) is 0 Å². The molecule has 0 aliphatic rings. The Morgan fingerprint density at radius 2 is 1.62 bits per heavy atom. The predicted molar refractivity (Wildman–Crippen MR) is 118 cm³/mol. The Balaban J connectivity index is 1.71. The zero-order valence-corrected chi connectivity index (χ0v) is 16.9. The quantitative estimate of drug-likeness (QED) is 0.447. The smallest absolute Gasteiger partial charge is 0.162 e. The molecule has 2 aromatic carbocycles. The highest BCUT2D eigenvalue weighted by Crippen LogP contribution is 2.37. The Hall–Kier alpha value is -3.38. The van der Waals surface area contributed by atoms with Gasteiger partial charge in [-0.15, -0.1) is 0 Å². The maximum atomic E-state index is 6.54. The van der Waals surface area contributed by atoms with Gasteiger partial charge in [-0.25, -0.2) is 15.0 Å². The van der Waals surface area contributed by atoms with Crippen LogP contribution in [0.3, 0.4) is 0 Å². The van der Waals surface area contributed by atoms with E-state index in [1.165, 1.54) is 17.3 Å². The van der Waals surface area contributed by atoms with Crippen LogP contribution in [0.2, 0.25) is 0 Å². The molecule has 0 radical (unpaired) electrons.